The van der Waals surface area contributed by atoms with Gasteiger partial charge in [-0.1, -0.05) is 173 Å². The Bertz CT molecular complexity index is 2490. The third-order valence-electron chi connectivity index (χ3n) is 11.2. The molecule has 0 aliphatic heterocycles. The van der Waals surface area contributed by atoms with Gasteiger partial charge in [-0.15, -0.1) is 0 Å². The summed E-state index contributed by atoms with van der Waals surface area (Å²) >= 11 is 0. The van der Waals surface area contributed by atoms with Crippen molar-refractivity contribution in [3.05, 3.63) is 179 Å². The van der Waals surface area contributed by atoms with Crippen LogP contribution in [0.4, 0.5) is 0 Å². The standard InChI is InChI=1S/C54H54N2/c1-35-27-36(2)30-39(29-35)45-15-11-13-17-47(45)49-33-51-52(55(49)43-23-19-41(20-24-43)53(5,6)7)34-50(56(51)44-25-21-42(22-26-44)54(8,9)10)48-18-14-12-16-46(48)40-31-37(3)28-38(4)32-40/h11-34H,1-10H3. The van der Waals surface area contributed by atoms with Crippen molar-refractivity contribution < 1.29 is 0 Å². The lowest BCUT2D eigenvalue weighted by Gasteiger charge is -2.20. The zero-order chi connectivity index (χ0) is 39.5. The molecule has 2 heterocycles. The van der Waals surface area contributed by atoms with E-state index in [9.17, 15) is 0 Å². The topological polar surface area (TPSA) is 9.86 Å². The van der Waals surface area contributed by atoms with E-state index >= 15 is 0 Å². The van der Waals surface area contributed by atoms with Crippen molar-refractivity contribution in [1.82, 2.24) is 9.13 Å². The van der Waals surface area contributed by atoms with E-state index in [0.29, 0.717) is 0 Å². The Balaban J connectivity index is 1.47. The van der Waals surface area contributed by atoms with Crippen LogP contribution in [-0.4, -0.2) is 9.13 Å². The smallest absolute Gasteiger partial charge is 0.0724 e. The molecule has 8 rings (SSSR count). The number of aromatic nitrogens is 2. The van der Waals surface area contributed by atoms with Crippen LogP contribution in [0.5, 0.6) is 0 Å². The molecule has 0 bridgehead atoms. The number of rotatable bonds is 6. The molecular weight excluding hydrogens is 677 g/mol. The van der Waals surface area contributed by atoms with Gasteiger partial charge >= 0.3 is 0 Å². The van der Waals surface area contributed by atoms with Crippen molar-refractivity contribution in [2.24, 2.45) is 0 Å². The number of aryl methyl sites for hydroxylation is 4. The molecule has 0 spiro atoms. The molecule has 0 fully saturated rings. The van der Waals surface area contributed by atoms with Crippen molar-refractivity contribution in [3.63, 3.8) is 0 Å². The summed E-state index contributed by atoms with van der Waals surface area (Å²) in [4.78, 5) is 0. The van der Waals surface area contributed by atoms with E-state index in [-0.39, 0.29) is 10.8 Å². The monoisotopic (exact) mass is 730 g/mol. The highest BCUT2D eigenvalue weighted by Crippen LogP contribution is 2.44. The van der Waals surface area contributed by atoms with Gasteiger partial charge in [0, 0.05) is 22.5 Å². The van der Waals surface area contributed by atoms with Gasteiger partial charge in [0.1, 0.15) is 0 Å². The molecule has 0 aliphatic rings. The first-order valence-electron chi connectivity index (χ1n) is 20.0. The first kappa shape index (κ1) is 37.1. The molecule has 0 aliphatic carbocycles. The van der Waals surface area contributed by atoms with E-state index < -0.39 is 0 Å². The van der Waals surface area contributed by atoms with E-state index in [2.05, 4.69) is 224 Å². The molecule has 0 amide bonds. The fraction of sp³-hybridized carbons (Fsp3) is 0.222. The molecule has 0 saturated carbocycles. The normalized spacial score (nSPS) is 12.1. The molecule has 6 aromatic carbocycles. The minimum absolute atomic E-state index is 0.0522. The maximum absolute atomic E-state index is 2.49. The maximum atomic E-state index is 2.49. The lowest BCUT2D eigenvalue weighted by Crippen LogP contribution is -2.11. The van der Waals surface area contributed by atoms with Crippen LogP contribution in [-0.2, 0) is 10.8 Å². The van der Waals surface area contributed by atoms with E-state index in [1.54, 1.807) is 0 Å². The fourth-order valence-corrected chi connectivity index (χ4v) is 8.50. The number of fused-ring (bicyclic) bond motifs is 1. The summed E-state index contributed by atoms with van der Waals surface area (Å²) < 4.78 is 4.98. The highest BCUT2D eigenvalue weighted by atomic mass is 15.1. The molecule has 8 aromatic rings. The summed E-state index contributed by atoms with van der Waals surface area (Å²) in [7, 11) is 0. The molecule has 0 unspecified atom stereocenters. The van der Waals surface area contributed by atoms with Gasteiger partial charge in [0.2, 0.25) is 0 Å². The zero-order valence-electron chi connectivity index (χ0n) is 34.8. The predicted molar refractivity (Wildman–Crippen MR) is 241 cm³/mol. The largest absolute Gasteiger partial charge is 0.308 e. The van der Waals surface area contributed by atoms with Gasteiger partial charge in [-0.2, -0.15) is 0 Å². The van der Waals surface area contributed by atoms with E-state index in [1.165, 1.54) is 89.2 Å². The number of hydrogen-bond donors (Lipinski definition) is 0. The summed E-state index contributed by atoms with van der Waals surface area (Å²) in [6.45, 7) is 22.5. The molecule has 0 saturated heterocycles. The van der Waals surface area contributed by atoms with Crippen LogP contribution in [0, 0.1) is 27.7 Å². The summed E-state index contributed by atoms with van der Waals surface area (Å²) in [5.74, 6) is 0. The lowest BCUT2D eigenvalue weighted by molar-refractivity contribution is 0.590. The fourth-order valence-electron chi connectivity index (χ4n) is 8.50. The van der Waals surface area contributed by atoms with Gasteiger partial charge < -0.3 is 9.13 Å². The first-order chi connectivity index (χ1) is 26.7. The third-order valence-corrected chi connectivity index (χ3v) is 11.2. The Labute approximate surface area is 334 Å². The molecule has 56 heavy (non-hydrogen) atoms. The first-order valence-corrected chi connectivity index (χ1v) is 20.0. The summed E-state index contributed by atoms with van der Waals surface area (Å²) in [5.41, 5.74) is 22.1. The molecular formula is C54H54N2. The van der Waals surface area contributed by atoms with Crippen LogP contribution in [0.15, 0.2) is 146 Å². The minimum atomic E-state index is 0.0522. The van der Waals surface area contributed by atoms with Crippen molar-refractivity contribution in [2.45, 2.75) is 80.1 Å². The van der Waals surface area contributed by atoms with Crippen LogP contribution >= 0.6 is 0 Å². The van der Waals surface area contributed by atoms with Crippen LogP contribution in [0.3, 0.4) is 0 Å². The highest BCUT2D eigenvalue weighted by molar-refractivity contribution is 5.98. The Morgan fingerprint density at radius 2 is 0.643 bits per heavy atom. The Morgan fingerprint density at radius 3 is 0.946 bits per heavy atom. The zero-order valence-corrected chi connectivity index (χ0v) is 34.8. The van der Waals surface area contributed by atoms with Crippen molar-refractivity contribution in [2.75, 3.05) is 0 Å². The molecule has 0 radical (unpaired) electrons. The van der Waals surface area contributed by atoms with Gasteiger partial charge in [-0.05, 0) is 108 Å². The maximum Gasteiger partial charge on any atom is 0.0724 e. The molecule has 280 valence electrons. The van der Waals surface area contributed by atoms with Crippen molar-refractivity contribution >= 4 is 11.0 Å². The quantitative estimate of drug-likeness (QED) is 0.161. The van der Waals surface area contributed by atoms with E-state index in [4.69, 9.17) is 0 Å². The number of hydrogen-bond acceptors (Lipinski definition) is 0. The molecule has 2 aromatic heterocycles. The molecule has 0 N–H and O–H groups in total. The average molecular weight is 731 g/mol. The third kappa shape index (κ3) is 6.94. The van der Waals surface area contributed by atoms with Crippen LogP contribution in [0.1, 0.15) is 74.9 Å². The second kappa shape index (κ2) is 14.0. The Hall–Kier alpha value is -5.86. The van der Waals surface area contributed by atoms with Crippen LogP contribution in [0.2, 0.25) is 0 Å². The van der Waals surface area contributed by atoms with E-state index in [0.717, 1.165) is 11.4 Å². The second-order valence-electron chi connectivity index (χ2n) is 17.9. The highest BCUT2D eigenvalue weighted by Gasteiger charge is 2.25. The van der Waals surface area contributed by atoms with Crippen molar-refractivity contribution in [3.8, 4) is 56.1 Å². The van der Waals surface area contributed by atoms with Gasteiger partial charge in [0.05, 0.1) is 22.4 Å². The SMILES string of the molecule is Cc1cc(C)cc(-c2ccccc2-c2cc3c(cc(-c4ccccc4-c4cc(C)cc(C)c4)n3-c3ccc(C(C)(C)C)cc3)n2-c2ccc(C(C)(C)C)cc2)c1. The van der Waals surface area contributed by atoms with Gasteiger partial charge in [-0.25, -0.2) is 0 Å². The summed E-state index contributed by atoms with van der Waals surface area (Å²) in [5, 5.41) is 0. The second-order valence-corrected chi connectivity index (χ2v) is 17.9. The van der Waals surface area contributed by atoms with Gasteiger partial charge in [-0.3, -0.25) is 0 Å². The Kier molecular flexibility index (Phi) is 9.28. The minimum Gasteiger partial charge on any atom is -0.308 e. The predicted octanol–water partition coefficient (Wildman–Crippen LogP) is 14.9. The van der Waals surface area contributed by atoms with Crippen LogP contribution < -0.4 is 0 Å². The molecule has 2 nitrogen and oxygen atoms in total. The number of benzene rings is 6. The average Bonchev–Trinajstić information content (AvgIpc) is 3.70. The number of nitrogens with zero attached hydrogens (tertiary/aromatic N) is 2. The molecule has 2 heteroatoms. The Morgan fingerprint density at radius 1 is 0.339 bits per heavy atom. The molecule has 0 atom stereocenters. The summed E-state index contributed by atoms with van der Waals surface area (Å²) in [6, 6.07) is 54.9. The summed E-state index contributed by atoms with van der Waals surface area (Å²) in [6.07, 6.45) is 0. The van der Waals surface area contributed by atoms with Gasteiger partial charge in [0.15, 0.2) is 0 Å². The van der Waals surface area contributed by atoms with Gasteiger partial charge in [0.25, 0.3) is 0 Å². The lowest BCUT2D eigenvalue weighted by atomic mass is 9.87. The van der Waals surface area contributed by atoms with E-state index in [1.807, 2.05) is 0 Å². The van der Waals surface area contributed by atoms with Crippen LogP contribution in [0.25, 0.3) is 67.2 Å². The van der Waals surface area contributed by atoms with Crippen molar-refractivity contribution in [1.29, 1.82) is 0 Å².